The normalized spacial score (nSPS) is 9.92. The lowest BCUT2D eigenvalue weighted by Gasteiger charge is -1.99. The van der Waals surface area contributed by atoms with Gasteiger partial charge in [0.25, 0.3) is 0 Å². The molecule has 3 heteroatoms. The lowest BCUT2D eigenvalue weighted by atomic mass is 10.2. The van der Waals surface area contributed by atoms with Gasteiger partial charge in [-0.1, -0.05) is 0 Å². The van der Waals surface area contributed by atoms with E-state index >= 15 is 0 Å². The molecule has 0 radical (unpaired) electrons. The van der Waals surface area contributed by atoms with Gasteiger partial charge >= 0.3 is 0 Å². The molecule has 0 aliphatic heterocycles. The predicted molar refractivity (Wildman–Crippen MR) is 50.0 cm³/mol. The molecular formula is C10H9N3. The van der Waals surface area contributed by atoms with Gasteiger partial charge in [-0.25, -0.2) is 4.98 Å². The zero-order valence-corrected chi connectivity index (χ0v) is 7.31. The molecule has 0 N–H and O–H groups in total. The maximum absolute atomic E-state index is 4.35. The van der Waals surface area contributed by atoms with Crippen molar-refractivity contribution in [3.05, 3.63) is 42.6 Å². The molecule has 0 saturated heterocycles. The van der Waals surface area contributed by atoms with Crippen molar-refractivity contribution < 1.29 is 0 Å². The van der Waals surface area contributed by atoms with Crippen LogP contribution in [0.15, 0.2) is 36.9 Å². The molecule has 0 amide bonds. The fraction of sp³-hybridized carbons (Fsp3) is 0.100. The first kappa shape index (κ1) is 7.86. The van der Waals surface area contributed by atoms with E-state index in [-0.39, 0.29) is 0 Å². The standard InChI is InChI=1S/C10H9N3/c1-8-6-12-7-10(13-8)9-2-4-11-5-3-9/h2-7H,1H3. The molecule has 0 atom stereocenters. The summed E-state index contributed by atoms with van der Waals surface area (Å²) >= 11 is 0. The maximum Gasteiger partial charge on any atom is 0.0889 e. The lowest BCUT2D eigenvalue weighted by Crippen LogP contribution is -1.88. The average molecular weight is 171 g/mol. The van der Waals surface area contributed by atoms with Gasteiger partial charge in [0.2, 0.25) is 0 Å². The summed E-state index contributed by atoms with van der Waals surface area (Å²) in [6.07, 6.45) is 6.99. The molecule has 0 spiro atoms. The summed E-state index contributed by atoms with van der Waals surface area (Å²) in [5, 5.41) is 0. The third-order valence-electron chi connectivity index (χ3n) is 1.73. The van der Waals surface area contributed by atoms with E-state index in [9.17, 15) is 0 Å². The van der Waals surface area contributed by atoms with Gasteiger partial charge < -0.3 is 0 Å². The topological polar surface area (TPSA) is 38.7 Å². The molecule has 0 aliphatic rings. The van der Waals surface area contributed by atoms with Crippen molar-refractivity contribution in [3.63, 3.8) is 0 Å². The van der Waals surface area contributed by atoms with Gasteiger partial charge in [-0.05, 0) is 19.1 Å². The van der Waals surface area contributed by atoms with Crippen LogP contribution in [0, 0.1) is 6.92 Å². The summed E-state index contributed by atoms with van der Waals surface area (Å²) in [5.41, 5.74) is 2.86. The first-order valence-corrected chi connectivity index (χ1v) is 4.05. The van der Waals surface area contributed by atoms with Crippen LogP contribution in [0.3, 0.4) is 0 Å². The Balaban J connectivity index is 2.48. The molecule has 2 aromatic rings. The van der Waals surface area contributed by atoms with Crippen molar-refractivity contribution in [2.45, 2.75) is 6.92 Å². The van der Waals surface area contributed by atoms with Gasteiger partial charge in [-0.3, -0.25) is 9.97 Å². The molecule has 3 nitrogen and oxygen atoms in total. The van der Waals surface area contributed by atoms with E-state index in [1.54, 1.807) is 24.8 Å². The van der Waals surface area contributed by atoms with Crippen molar-refractivity contribution in [3.8, 4) is 11.3 Å². The highest BCUT2D eigenvalue weighted by Crippen LogP contribution is 2.13. The number of pyridine rings is 1. The van der Waals surface area contributed by atoms with E-state index in [2.05, 4.69) is 15.0 Å². The number of nitrogens with zero attached hydrogens (tertiary/aromatic N) is 3. The number of aryl methyl sites for hydroxylation is 1. The second-order valence-electron chi connectivity index (χ2n) is 2.78. The Morgan fingerprint density at radius 2 is 1.77 bits per heavy atom. The smallest absolute Gasteiger partial charge is 0.0889 e. The van der Waals surface area contributed by atoms with Crippen LogP contribution in [0.4, 0.5) is 0 Å². The summed E-state index contributed by atoms with van der Waals surface area (Å²) in [5.74, 6) is 0. The first-order valence-electron chi connectivity index (χ1n) is 4.05. The Hall–Kier alpha value is -1.77. The predicted octanol–water partition coefficient (Wildman–Crippen LogP) is 1.85. The van der Waals surface area contributed by atoms with Crippen LogP contribution in [-0.2, 0) is 0 Å². The Labute approximate surface area is 76.5 Å². The first-order chi connectivity index (χ1) is 6.36. The van der Waals surface area contributed by atoms with Gasteiger partial charge in [-0.2, -0.15) is 0 Å². The van der Waals surface area contributed by atoms with E-state index in [4.69, 9.17) is 0 Å². The zero-order valence-electron chi connectivity index (χ0n) is 7.31. The fourth-order valence-electron chi connectivity index (χ4n) is 1.13. The van der Waals surface area contributed by atoms with E-state index < -0.39 is 0 Å². The minimum absolute atomic E-state index is 0.891. The zero-order chi connectivity index (χ0) is 9.10. The Bertz CT molecular complexity index is 398. The number of hydrogen-bond acceptors (Lipinski definition) is 3. The SMILES string of the molecule is Cc1cncc(-c2ccncc2)n1. The van der Waals surface area contributed by atoms with Gasteiger partial charge in [0.1, 0.15) is 0 Å². The maximum atomic E-state index is 4.35. The summed E-state index contributed by atoms with van der Waals surface area (Å²) in [4.78, 5) is 12.4. The second kappa shape index (κ2) is 3.31. The van der Waals surface area contributed by atoms with Crippen molar-refractivity contribution in [1.29, 1.82) is 0 Å². The molecular weight excluding hydrogens is 162 g/mol. The molecule has 0 fully saturated rings. The summed E-state index contributed by atoms with van der Waals surface area (Å²) in [7, 11) is 0. The number of hydrogen-bond donors (Lipinski definition) is 0. The minimum Gasteiger partial charge on any atom is -0.265 e. The third kappa shape index (κ3) is 1.69. The third-order valence-corrected chi connectivity index (χ3v) is 1.73. The summed E-state index contributed by atoms with van der Waals surface area (Å²) in [6, 6.07) is 3.84. The molecule has 2 aromatic heterocycles. The van der Waals surface area contributed by atoms with Crippen molar-refractivity contribution in [1.82, 2.24) is 15.0 Å². The van der Waals surface area contributed by atoms with E-state index in [1.165, 1.54) is 0 Å². The van der Waals surface area contributed by atoms with Crippen LogP contribution in [0.2, 0.25) is 0 Å². The molecule has 0 aromatic carbocycles. The number of aromatic nitrogens is 3. The van der Waals surface area contributed by atoms with Crippen molar-refractivity contribution >= 4 is 0 Å². The average Bonchev–Trinajstić information content (AvgIpc) is 2.19. The molecule has 0 bridgehead atoms. The Kier molecular flexibility index (Phi) is 2.00. The van der Waals surface area contributed by atoms with Crippen molar-refractivity contribution in [2.24, 2.45) is 0 Å². The molecule has 2 heterocycles. The Morgan fingerprint density at radius 1 is 1.00 bits per heavy atom. The highest BCUT2D eigenvalue weighted by Gasteiger charge is 1.97. The Morgan fingerprint density at radius 3 is 2.46 bits per heavy atom. The molecule has 0 aliphatic carbocycles. The van der Waals surface area contributed by atoms with Crippen LogP contribution < -0.4 is 0 Å². The fourth-order valence-corrected chi connectivity index (χ4v) is 1.13. The van der Waals surface area contributed by atoms with E-state index in [1.807, 2.05) is 19.1 Å². The van der Waals surface area contributed by atoms with Gasteiger partial charge in [0, 0.05) is 24.2 Å². The quantitative estimate of drug-likeness (QED) is 0.657. The molecule has 2 rings (SSSR count). The second-order valence-corrected chi connectivity index (χ2v) is 2.78. The molecule has 64 valence electrons. The van der Waals surface area contributed by atoms with Crippen molar-refractivity contribution in [2.75, 3.05) is 0 Å². The minimum atomic E-state index is 0.891. The summed E-state index contributed by atoms with van der Waals surface area (Å²) in [6.45, 7) is 1.93. The number of rotatable bonds is 1. The monoisotopic (exact) mass is 171 g/mol. The van der Waals surface area contributed by atoms with E-state index in [0.717, 1.165) is 17.0 Å². The van der Waals surface area contributed by atoms with Gasteiger partial charge in [0.15, 0.2) is 0 Å². The van der Waals surface area contributed by atoms with E-state index in [0.29, 0.717) is 0 Å². The highest BCUT2D eigenvalue weighted by molar-refractivity contribution is 5.56. The van der Waals surface area contributed by atoms with Crippen LogP contribution >= 0.6 is 0 Å². The summed E-state index contributed by atoms with van der Waals surface area (Å²) < 4.78 is 0. The van der Waals surface area contributed by atoms with Crippen LogP contribution in [0.5, 0.6) is 0 Å². The largest absolute Gasteiger partial charge is 0.265 e. The highest BCUT2D eigenvalue weighted by atomic mass is 14.8. The van der Waals surface area contributed by atoms with Crippen LogP contribution in [0.1, 0.15) is 5.69 Å². The van der Waals surface area contributed by atoms with Gasteiger partial charge in [0.05, 0.1) is 17.6 Å². The lowest BCUT2D eigenvalue weighted by molar-refractivity contribution is 1.12. The van der Waals surface area contributed by atoms with Crippen LogP contribution in [-0.4, -0.2) is 15.0 Å². The molecule has 13 heavy (non-hydrogen) atoms. The molecule has 0 saturated carbocycles. The molecule has 0 unspecified atom stereocenters. The van der Waals surface area contributed by atoms with Crippen LogP contribution in [0.25, 0.3) is 11.3 Å². The van der Waals surface area contributed by atoms with Gasteiger partial charge in [-0.15, -0.1) is 0 Å².